The highest BCUT2D eigenvalue weighted by Crippen LogP contribution is 2.24. The minimum Gasteiger partial charge on any atom is -0.392 e. The molecule has 6 nitrogen and oxygen atoms in total. The number of nitrogens with one attached hydrogen (secondary N) is 1. The third-order valence-electron chi connectivity index (χ3n) is 3.62. The molecule has 0 saturated carbocycles. The first-order chi connectivity index (χ1) is 8.41. The Kier molecular flexibility index (Phi) is 3.59. The number of likely N-dealkylation sites (N-methyl/N-ethyl adjacent to an activating group) is 1. The molecule has 3 atom stereocenters. The Balaban J connectivity index is 2.20. The van der Waals surface area contributed by atoms with Crippen LogP contribution in [0.4, 0.5) is 0 Å². The number of rotatable bonds is 2. The number of aliphatic hydroxyl groups is 1. The van der Waals surface area contributed by atoms with E-state index >= 15 is 0 Å². The number of carbonyl (C=O) groups is 2. The molecule has 0 spiro atoms. The minimum atomic E-state index is -0.571. The number of aliphatic hydroxyl groups excluding tert-OH is 1. The van der Waals surface area contributed by atoms with E-state index in [4.69, 9.17) is 0 Å². The molecule has 2 aliphatic rings. The van der Waals surface area contributed by atoms with E-state index in [0.29, 0.717) is 25.3 Å². The van der Waals surface area contributed by atoms with Crippen LogP contribution in [-0.2, 0) is 9.59 Å². The number of fused-ring (bicyclic) bond motifs is 1. The molecule has 102 valence electrons. The molecule has 2 rings (SSSR count). The van der Waals surface area contributed by atoms with Gasteiger partial charge in [0.25, 0.3) is 5.91 Å². The van der Waals surface area contributed by atoms with Crippen molar-refractivity contribution in [3.63, 3.8) is 0 Å². The zero-order valence-corrected chi connectivity index (χ0v) is 11.1. The number of carbonyl (C=O) groups excluding carboxylic acids is 2. The number of nitrogens with zero attached hydrogens (tertiary/aromatic N) is 2. The summed E-state index contributed by atoms with van der Waals surface area (Å²) in [5.41, 5.74) is 2.86. The zero-order valence-electron chi connectivity index (χ0n) is 11.1. The van der Waals surface area contributed by atoms with Gasteiger partial charge in [-0.3, -0.25) is 14.6 Å². The fraction of sp³-hybridized carbons (Fsp3) is 0.833. The van der Waals surface area contributed by atoms with Gasteiger partial charge >= 0.3 is 0 Å². The Bertz CT molecular complexity index is 358. The summed E-state index contributed by atoms with van der Waals surface area (Å²) in [6.45, 7) is 4.39. The Morgan fingerprint density at radius 2 is 2.06 bits per heavy atom. The molecule has 0 aromatic rings. The van der Waals surface area contributed by atoms with Gasteiger partial charge in [0, 0.05) is 20.0 Å². The predicted molar refractivity (Wildman–Crippen MR) is 65.3 cm³/mol. The van der Waals surface area contributed by atoms with E-state index in [-0.39, 0.29) is 11.8 Å². The highest BCUT2D eigenvalue weighted by atomic mass is 16.3. The first kappa shape index (κ1) is 13.3. The first-order valence-electron chi connectivity index (χ1n) is 6.43. The Hall–Kier alpha value is -1.14. The van der Waals surface area contributed by atoms with Gasteiger partial charge in [-0.25, -0.2) is 5.43 Å². The Morgan fingerprint density at radius 1 is 1.39 bits per heavy atom. The lowest BCUT2D eigenvalue weighted by atomic mass is 9.95. The standard InChI is InChI=1S/C12H21N3O3/c1-7(2)4-9-12(18)15-10(11(17)14(9)3)5-8(16)6-13-15/h7-10,13,16H,4-6H2,1-3H3. The molecule has 2 N–H and O–H groups in total. The van der Waals surface area contributed by atoms with Gasteiger partial charge in [0.05, 0.1) is 6.10 Å². The van der Waals surface area contributed by atoms with E-state index in [0.717, 1.165) is 0 Å². The maximum absolute atomic E-state index is 12.3. The van der Waals surface area contributed by atoms with Crippen molar-refractivity contribution >= 4 is 11.8 Å². The van der Waals surface area contributed by atoms with Crippen molar-refractivity contribution in [2.75, 3.05) is 13.6 Å². The minimum absolute atomic E-state index is 0.0669. The van der Waals surface area contributed by atoms with Crippen molar-refractivity contribution in [1.82, 2.24) is 15.3 Å². The predicted octanol–water partition coefficient (Wildman–Crippen LogP) is -0.660. The molecule has 2 amide bonds. The highest BCUT2D eigenvalue weighted by Gasteiger charge is 2.46. The van der Waals surface area contributed by atoms with E-state index < -0.39 is 18.2 Å². The van der Waals surface area contributed by atoms with Crippen molar-refractivity contribution in [2.24, 2.45) is 5.92 Å². The second kappa shape index (κ2) is 4.85. The van der Waals surface area contributed by atoms with Gasteiger partial charge in [-0.2, -0.15) is 0 Å². The maximum atomic E-state index is 12.3. The summed E-state index contributed by atoms with van der Waals surface area (Å²) in [7, 11) is 1.67. The van der Waals surface area contributed by atoms with Crippen LogP contribution in [0, 0.1) is 5.92 Å². The molecule has 0 aromatic carbocycles. The van der Waals surface area contributed by atoms with E-state index in [1.165, 1.54) is 9.91 Å². The lowest BCUT2D eigenvalue weighted by molar-refractivity contribution is -0.170. The number of hydrogen-bond acceptors (Lipinski definition) is 4. The number of hydrazine groups is 1. The number of piperazine rings is 1. The third kappa shape index (κ3) is 2.22. The summed E-state index contributed by atoms with van der Waals surface area (Å²) in [6, 6.07) is -0.953. The average Bonchev–Trinajstić information content (AvgIpc) is 2.31. The molecule has 0 bridgehead atoms. The molecule has 0 aliphatic carbocycles. The van der Waals surface area contributed by atoms with Crippen LogP contribution in [-0.4, -0.2) is 58.6 Å². The van der Waals surface area contributed by atoms with Crippen LogP contribution in [0.25, 0.3) is 0 Å². The van der Waals surface area contributed by atoms with E-state index in [9.17, 15) is 14.7 Å². The molecule has 2 aliphatic heterocycles. The Labute approximate surface area is 107 Å². The van der Waals surface area contributed by atoms with Crippen molar-refractivity contribution < 1.29 is 14.7 Å². The molecule has 0 radical (unpaired) electrons. The second-order valence-corrected chi connectivity index (χ2v) is 5.57. The molecular weight excluding hydrogens is 234 g/mol. The van der Waals surface area contributed by atoms with Crippen LogP contribution in [0.15, 0.2) is 0 Å². The Morgan fingerprint density at radius 3 is 2.67 bits per heavy atom. The topological polar surface area (TPSA) is 72.9 Å². The monoisotopic (exact) mass is 255 g/mol. The normalized spacial score (nSPS) is 33.1. The van der Waals surface area contributed by atoms with Crippen molar-refractivity contribution in [3.8, 4) is 0 Å². The van der Waals surface area contributed by atoms with Gasteiger partial charge in [0.1, 0.15) is 12.1 Å². The summed E-state index contributed by atoms with van der Waals surface area (Å²) < 4.78 is 0. The summed E-state index contributed by atoms with van der Waals surface area (Å²) in [5.74, 6) is 0.190. The van der Waals surface area contributed by atoms with Gasteiger partial charge in [0.15, 0.2) is 0 Å². The van der Waals surface area contributed by atoms with Gasteiger partial charge in [0.2, 0.25) is 5.91 Å². The molecule has 6 heteroatoms. The summed E-state index contributed by atoms with van der Waals surface area (Å²) in [6.07, 6.45) is 0.406. The van der Waals surface area contributed by atoms with Crippen molar-refractivity contribution in [2.45, 2.75) is 44.9 Å². The number of hydrogen-bond donors (Lipinski definition) is 2. The molecule has 3 unspecified atom stereocenters. The van der Waals surface area contributed by atoms with Crippen molar-refractivity contribution in [1.29, 1.82) is 0 Å². The lowest BCUT2D eigenvalue weighted by Gasteiger charge is -2.47. The molecule has 0 aromatic heterocycles. The van der Waals surface area contributed by atoms with Gasteiger partial charge in [-0.05, 0) is 12.3 Å². The largest absolute Gasteiger partial charge is 0.392 e. The summed E-state index contributed by atoms with van der Waals surface area (Å²) >= 11 is 0. The van der Waals surface area contributed by atoms with Crippen LogP contribution < -0.4 is 5.43 Å². The van der Waals surface area contributed by atoms with Crippen LogP contribution in [0.3, 0.4) is 0 Å². The van der Waals surface area contributed by atoms with E-state index in [1.807, 2.05) is 13.8 Å². The van der Waals surface area contributed by atoms with Crippen LogP contribution >= 0.6 is 0 Å². The quantitative estimate of drug-likeness (QED) is 0.687. The second-order valence-electron chi connectivity index (χ2n) is 5.57. The van der Waals surface area contributed by atoms with Crippen LogP contribution in [0.1, 0.15) is 26.7 Å². The highest BCUT2D eigenvalue weighted by molar-refractivity contribution is 5.96. The van der Waals surface area contributed by atoms with E-state index in [1.54, 1.807) is 7.05 Å². The van der Waals surface area contributed by atoms with Gasteiger partial charge in [-0.15, -0.1) is 0 Å². The average molecular weight is 255 g/mol. The molecule has 2 heterocycles. The van der Waals surface area contributed by atoms with Crippen LogP contribution in [0.2, 0.25) is 0 Å². The van der Waals surface area contributed by atoms with Gasteiger partial charge in [-0.1, -0.05) is 13.8 Å². The maximum Gasteiger partial charge on any atom is 0.260 e. The number of β-amino-alcohol motifs (C(OH)–C–C–N with tert-alkyl or cyclic N) is 1. The molecular formula is C12H21N3O3. The first-order valence-corrected chi connectivity index (χ1v) is 6.43. The molecule has 2 fully saturated rings. The SMILES string of the molecule is CC(C)CC1C(=O)N2NCC(O)CC2C(=O)N1C. The third-order valence-corrected chi connectivity index (χ3v) is 3.62. The van der Waals surface area contributed by atoms with Crippen molar-refractivity contribution in [3.05, 3.63) is 0 Å². The van der Waals surface area contributed by atoms with E-state index in [2.05, 4.69) is 5.43 Å². The van der Waals surface area contributed by atoms with Gasteiger partial charge < -0.3 is 10.0 Å². The summed E-state index contributed by atoms with van der Waals surface area (Å²) in [4.78, 5) is 26.1. The van der Waals surface area contributed by atoms with Crippen LogP contribution in [0.5, 0.6) is 0 Å². The fourth-order valence-corrected chi connectivity index (χ4v) is 2.62. The molecule has 18 heavy (non-hydrogen) atoms. The zero-order chi connectivity index (χ0) is 13.4. The summed E-state index contributed by atoms with van der Waals surface area (Å²) in [5, 5.41) is 11.0. The fourth-order valence-electron chi connectivity index (χ4n) is 2.62. The molecule has 2 saturated heterocycles. The smallest absolute Gasteiger partial charge is 0.260 e. The number of amides is 2. The lowest BCUT2D eigenvalue weighted by Crippen LogP contribution is -2.70.